The fourth-order valence-electron chi connectivity index (χ4n) is 2.68. The van der Waals surface area contributed by atoms with E-state index in [0.29, 0.717) is 27.2 Å². The summed E-state index contributed by atoms with van der Waals surface area (Å²) in [6.07, 6.45) is 0. The summed E-state index contributed by atoms with van der Waals surface area (Å²) in [5, 5.41) is 2.73. The monoisotopic (exact) mass is 474 g/mol. The molecule has 1 amide bonds. The number of anilines is 2. The Morgan fingerprint density at radius 2 is 1.72 bits per heavy atom. The van der Waals surface area contributed by atoms with Crippen molar-refractivity contribution in [1.29, 1.82) is 0 Å². The number of amides is 1. The summed E-state index contributed by atoms with van der Waals surface area (Å²) in [7, 11) is -0.742. The van der Waals surface area contributed by atoms with Crippen LogP contribution in [0.3, 0.4) is 0 Å². The van der Waals surface area contributed by atoms with E-state index in [1.54, 1.807) is 54.6 Å². The SMILES string of the molecule is COc1ccc(C(=O)Nc2cccc(S(=O)(=O)N(C)c3ccccc3)c2)cc1Br. The molecule has 8 heteroatoms. The molecule has 3 rings (SSSR count). The molecule has 0 bridgehead atoms. The van der Waals surface area contributed by atoms with Crippen molar-refractivity contribution in [1.82, 2.24) is 0 Å². The van der Waals surface area contributed by atoms with Gasteiger partial charge in [0.05, 0.1) is 22.2 Å². The van der Waals surface area contributed by atoms with E-state index < -0.39 is 10.0 Å². The van der Waals surface area contributed by atoms with Crippen molar-refractivity contribution in [2.24, 2.45) is 0 Å². The maximum absolute atomic E-state index is 12.9. The second-order valence-corrected chi connectivity index (χ2v) is 8.96. The number of halogens is 1. The van der Waals surface area contributed by atoms with Crippen LogP contribution >= 0.6 is 15.9 Å². The first kappa shape index (κ1) is 20.9. The Kier molecular flexibility index (Phi) is 6.24. The number of carbonyl (C=O) groups excluding carboxylic acids is 1. The molecule has 0 aromatic heterocycles. The van der Waals surface area contributed by atoms with Gasteiger partial charge in [-0.1, -0.05) is 24.3 Å². The number of nitrogens with zero attached hydrogens (tertiary/aromatic N) is 1. The lowest BCUT2D eigenvalue weighted by Crippen LogP contribution is -2.26. The summed E-state index contributed by atoms with van der Waals surface area (Å²) in [4.78, 5) is 12.6. The molecule has 0 saturated heterocycles. The normalized spacial score (nSPS) is 11.0. The van der Waals surface area contributed by atoms with E-state index in [9.17, 15) is 13.2 Å². The van der Waals surface area contributed by atoms with Crippen LogP contribution in [0.4, 0.5) is 11.4 Å². The highest BCUT2D eigenvalue weighted by Gasteiger charge is 2.21. The maximum Gasteiger partial charge on any atom is 0.264 e. The average molecular weight is 475 g/mol. The molecule has 3 aromatic carbocycles. The van der Waals surface area contributed by atoms with E-state index in [2.05, 4.69) is 21.2 Å². The predicted molar refractivity (Wildman–Crippen MR) is 117 cm³/mol. The van der Waals surface area contributed by atoms with Gasteiger partial charge in [-0.15, -0.1) is 0 Å². The van der Waals surface area contributed by atoms with Gasteiger partial charge in [-0.2, -0.15) is 0 Å². The molecule has 0 aliphatic rings. The Labute approximate surface area is 178 Å². The Balaban J connectivity index is 1.84. The van der Waals surface area contributed by atoms with Crippen LogP contribution < -0.4 is 14.4 Å². The third-order valence-corrected chi connectivity index (χ3v) is 6.69. The maximum atomic E-state index is 12.9. The van der Waals surface area contributed by atoms with Crippen LogP contribution in [0.15, 0.2) is 82.2 Å². The molecule has 0 saturated carbocycles. The number of hydrogen-bond donors (Lipinski definition) is 1. The van der Waals surface area contributed by atoms with Crippen molar-refractivity contribution in [3.05, 3.63) is 82.8 Å². The molecule has 29 heavy (non-hydrogen) atoms. The summed E-state index contributed by atoms with van der Waals surface area (Å²) in [6.45, 7) is 0. The molecular weight excluding hydrogens is 456 g/mol. The molecule has 3 aromatic rings. The number of hydrogen-bond acceptors (Lipinski definition) is 4. The molecule has 1 N–H and O–H groups in total. The van der Waals surface area contributed by atoms with Crippen molar-refractivity contribution in [3.63, 3.8) is 0 Å². The average Bonchev–Trinajstić information content (AvgIpc) is 2.74. The topological polar surface area (TPSA) is 75.7 Å². The van der Waals surface area contributed by atoms with E-state index in [0.717, 1.165) is 0 Å². The Morgan fingerprint density at radius 3 is 2.38 bits per heavy atom. The van der Waals surface area contributed by atoms with Crippen molar-refractivity contribution in [3.8, 4) is 5.75 Å². The van der Waals surface area contributed by atoms with Crippen LogP contribution in [0.5, 0.6) is 5.75 Å². The first-order valence-corrected chi connectivity index (χ1v) is 10.8. The number of para-hydroxylation sites is 1. The molecular formula is C21H19BrN2O4S. The van der Waals surface area contributed by atoms with E-state index in [-0.39, 0.29) is 10.8 Å². The first-order valence-electron chi connectivity index (χ1n) is 8.62. The van der Waals surface area contributed by atoms with Gasteiger partial charge in [0.25, 0.3) is 15.9 Å². The minimum Gasteiger partial charge on any atom is -0.496 e. The zero-order chi connectivity index (χ0) is 21.0. The van der Waals surface area contributed by atoms with E-state index >= 15 is 0 Å². The van der Waals surface area contributed by atoms with Gasteiger partial charge >= 0.3 is 0 Å². The lowest BCUT2D eigenvalue weighted by atomic mass is 10.2. The molecule has 0 heterocycles. The van der Waals surface area contributed by atoms with Crippen LogP contribution in [-0.2, 0) is 10.0 Å². The number of sulfonamides is 1. The Bertz CT molecular complexity index is 1130. The van der Waals surface area contributed by atoms with Gasteiger partial charge in [-0.25, -0.2) is 8.42 Å². The van der Waals surface area contributed by atoms with E-state index in [1.165, 1.54) is 30.6 Å². The molecule has 0 spiro atoms. The highest BCUT2D eigenvalue weighted by molar-refractivity contribution is 9.10. The van der Waals surface area contributed by atoms with E-state index in [4.69, 9.17) is 4.74 Å². The van der Waals surface area contributed by atoms with Crippen LogP contribution in [0.25, 0.3) is 0 Å². The number of ether oxygens (including phenoxy) is 1. The second kappa shape index (κ2) is 8.67. The van der Waals surface area contributed by atoms with Crippen molar-refractivity contribution in [2.45, 2.75) is 4.90 Å². The minimum atomic E-state index is -3.77. The first-order chi connectivity index (χ1) is 13.8. The molecule has 0 radical (unpaired) electrons. The van der Waals surface area contributed by atoms with E-state index in [1.807, 2.05) is 6.07 Å². The Morgan fingerprint density at radius 1 is 1.00 bits per heavy atom. The van der Waals surface area contributed by atoms with Crippen molar-refractivity contribution >= 4 is 43.2 Å². The second-order valence-electron chi connectivity index (χ2n) is 6.14. The van der Waals surface area contributed by atoms with Gasteiger partial charge in [0, 0.05) is 18.3 Å². The van der Waals surface area contributed by atoms with Crippen LogP contribution in [0.1, 0.15) is 10.4 Å². The fourth-order valence-corrected chi connectivity index (χ4v) is 4.46. The summed E-state index contributed by atoms with van der Waals surface area (Å²) in [5.74, 6) is 0.248. The molecule has 6 nitrogen and oxygen atoms in total. The fraction of sp³-hybridized carbons (Fsp3) is 0.0952. The van der Waals surface area contributed by atoms with Crippen LogP contribution in [0.2, 0.25) is 0 Å². The summed E-state index contributed by atoms with van der Waals surface area (Å²) in [5.41, 5.74) is 1.34. The van der Waals surface area contributed by atoms with Gasteiger partial charge < -0.3 is 10.1 Å². The van der Waals surface area contributed by atoms with Gasteiger partial charge in [-0.3, -0.25) is 9.10 Å². The molecule has 0 aliphatic heterocycles. The van der Waals surface area contributed by atoms with Crippen LogP contribution in [-0.4, -0.2) is 28.5 Å². The molecule has 0 fully saturated rings. The highest BCUT2D eigenvalue weighted by Crippen LogP contribution is 2.27. The number of rotatable bonds is 6. The van der Waals surface area contributed by atoms with Crippen molar-refractivity contribution < 1.29 is 17.9 Å². The van der Waals surface area contributed by atoms with Gasteiger partial charge in [0.15, 0.2) is 0 Å². The third kappa shape index (κ3) is 4.60. The number of methoxy groups -OCH3 is 1. The predicted octanol–water partition coefficient (Wildman–Crippen LogP) is 4.54. The summed E-state index contributed by atoms with van der Waals surface area (Å²) < 4.78 is 32.9. The summed E-state index contributed by atoms with van der Waals surface area (Å²) in [6, 6.07) is 19.9. The molecule has 0 atom stereocenters. The van der Waals surface area contributed by atoms with Gasteiger partial charge in [-0.05, 0) is 64.5 Å². The lowest BCUT2D eigenvalue weighted by molar-refractivity contribution is 0.102. The Hall–Kier alpha value is -2.84. The third-order valence-electron chi connectivity index (χ3n) is 4.28. The number of nitrogens with one attached hydrogen (secondary N) is 1. The highest BCUT2D eigenvalue weighted by atomic mass is 79.9. The van der Waals surface area contributed by atoms with Crippen LogP contribution in [0, 0.1) is 0 Å². The smallest absolute Gasteiger partial charge is 0.264 e. The summed E-state index contributed by atoms with van der Waals surface area (Å²) >= 11 is 3.35. The zero-order valence-electron chi connectivity index (χ0n) is 15.8. The zero-order valence-corrected chi connectivity index (χ0v) is 18.2. The van der Waals surface area contributed by atoms with Gasteiger partial charge in [0.1, 0.15) is 5.75 Å². The lowest BCUT2D eigenvalue weighted by Gasteiger charge is -2.20. The quantitative estimate of drug-likeness (QED) is 0.568. The standard InChI is InChI=1S/C21H19BrN2O4S/c1-24(17-8-4-3-5-9-17)29(26,27)18-10-6-7-16(14-18)23-21(25)15-11-12-20(28-2)19(22)13-15/h3-14H,1-2H3,(H,23,25). The molecule has 0 aliphatic carbocycles. The molecule has 0 unspecified atom stereocenters. The van der Waals surface area contributed by atoms with Gasteiger partial charge in [0.2, 0.25) is 0 Å². The minimum absolute atomic E-state index is 0.0811. The number of carbonyl (C=O) groups is 1. The largest absolute Gasteiger partial charge is 0.496 e. The number of benzene rings is 3. The van der Waals surface area contributed by atoms with Crippen molar-refractivity contribution in [2.75, 3.05) is 23.8 Å². The molecule has 150 valence electrons.